The minimum absolute atomic E-state index is 0.568. The van der Waals surface area contributed by atoms with Crippen LogP contribution in [0.5, 0.6) is 0 Å². The van der Waals surface area contributed by atoms with E-state index in [4.69, 9.17) is 5.73 Å². The van der Waals surface area contributed by atoms with Gasteiger partial charge >= 0.3 is 0 Å². The van der Waals surface area contributed by atoms with E-state index < -0.39 is 0 Å². The number of anilines is 1. The zero-order valence-corrected chi connectivity index (χ0v) is 11.2. The van der Waals surface area contributed by atoms with Crippen molar-refractivity contribution >= 4 is 17.0 Å². The lowest BCUT2D eigenvalue weighted by Crippen LogP contribution is -2.08. The molecule has 3 rings (SSSR count). The molecule has 0 aliphatic rings. The first kappa shape index (κ1) is 11.8. The highest BCUT2D eigenvalue weighted by Gasteiger charge is 2.10. The maximum atomic E-state index is 6.02. The first-order chi connectivity index (χ1) is 9.16. The number of aromatic nitrogens is 4. The third kappa shape index (κ3) is 1.97. The van der Waals surface area contributed by atoms with Gasteiger partial charge < -0.3 is 14.9 Å². The molecule has 0 aliphatic heterocycles. The van der Waals surface area contributed by atoms with Crippen molar-refractivity contribution in [2.45, 2.75) is 19.9 Å². The van der Waals surface area contributed by atoms with Crippen LogP contribution in [0, 0.1) is 6.92 Å². The highest BCUT2D eigenvalue weighted by Crippen LogP contribution is 2.21. The van der Waals surface area contributed by atoms with Crippen molar-refractivity contribution in [2.24, 2.45) is 7.05 Å². The summed E-state index contributed by atoms with van der Waals surface area (Å²) in [5.74, 6) is 1.62. The fourth-order valence-corrected chi connectivity index (χ4v) is 2.46. The quantitative estimate of drug-likeness (QED) is 0.777. The summed E-state index contributed by atoms with van der Waals surface area (Å²) in [6.45, 7) is 2.87. The first-order valence-electron chi connectivity index (χ1n) is 6.34. The molecule has 3 aromatic rings. The van der Waals surface area contributed by atoms with Crippen LogP contribution in [0.25, 0.3) is 11.0 Å². The maximum absolute atomic E-state index is 6.02. The highest BCUT2D eigenvalue weighted by molar-refractivity contribution is 5.81. The van der Waals surface area contributed by atoms with Gasteiger partial charge in [-0.1, -0.05) is 12.1 Å². The molecule has 0 radical (unpaired) electrons. The van der Waals surface area contributed by atoms with E-state index in [2.05, 4.69) is 27.5 Å². The number of aryl methyl sites for hydroxylation is 4. The third-order valence-electron chi connectivity index (χ3n) is 3.48. The normalized spacial score (nSPS) is 11.3. The van der Waals surface area contributed by atoms with Crippen LogP contribution in [0.2, 0.25) is 0 Å². The molecule has 2 aromatic heterocycles. The predicted octanol–water partition coefficient (Wildman–Crippen LogP) is 1.90. The van der Waals surface area contributed by atoms with Gasteiger partial charge in [-0.3, -0.25) is 0 Å². The number of nitrogen functional groups attached to an aromatic ring is 1. The molecule has 0 saturated heterocycles. The molecular formula is C14H17N5. The minimum atomic E-state index is 0.568. The Bertz CT molecular complexity index is 723. The molecule has 0 fully saturated rings. The molecule has 0 bridgehead atoms. The van der Waals surface area contributed by atoms with Gasteiger partial charge in [-0.25, -0.2) is 9.97 Å². The number of benzene rings is 1. The number of rotatable bonds is 3. The topological polar surface area (TPSA) is 61.7 Å². The van der Waals surface area contributed by atoms with Crippen molar-refractivity contribution in [3.8, 4) is 0 Å². The van der Waals surface area contributed by atoms with Crippen molar-refractivity contribution in [3.63, 3.8) is 0 Å². The SMILES string of the molecule is Cc1cccc2nc(N)n(CCc3nccn3C)c12. The summed E-state index contributed by atoms with van der Waals surface area (Å²) < 4.78 is 4.10. The molecule has 0 amide bonds. The van der Waals surface area contributed by atoms with Gasteiger partial charge in [0.05, 0.1) is 11.0 Å². The summed E-state index contributed by atoms with van der Waals surface area (Å²) in [5, 5.41) is 0. The van der Waals surface area contributed by atoms with Crippen LogP contribution in [0.15, 0.2) is 30.6 Å². The molecule has 0 aliphatic carbocycles. The van der Waals surface area contributed by atoms with E-state index >= 15 is 0 Å². The Morgan fingerprint density at radius 1 is 1.32 bits per heavy atom. The lowest BCUT2D eigenvalue weighted by atomic mass is 10.2. The van der Waals surface area contributed by atoms with E-state index in [-0.39, 0.29) is 0 Å². The molecule has 2 heterocycles. The van der Waals surface area contributed by atoms with Gasteiger partial charge in [-0.15, -0.1) is 0 Å². The number of hydrogen-bond acceptors (Lipinski definition) is 3. The van der Waals surface area contributed by atoms with Crippen molar-refractivity contribution in [3.05, 3.63) is 42.0 Å². The van der Waals surface area contributed by atoms with Crippen LogP contribution >= 0.6 is 0 Å². The van der Waals surface area contributed by atoms with Crippen LogP contribution in [0.1, 0.15) is 11.4 Å². The van der Waals surface area contributed by atoms with Gasteiger partial charge in [0, 0.05) is 32.4 Å². The zero-order valence-electron chi connectivity index (χ0n) is 11.2. The van der Waals surface area contributed by atoms with E-state index in [1.165, 1.54) is 5.56 Å². The number of fused-ring (bicyclic) bond motifs is 1. The standard InChI is InChI=1S/C14H17N5/c1-10-4-3-5-11-13(10)19(14(15)17-11)8-6-12-16-7-9-18(12)2/h3-5,7,9H,6,8H2,1-2H3,(H2,15,17). The zero-order chi connectivity index (χ0) is 13.4. The second-order valence-electron chi connectivity index (χ2n) is 4.77. The lowest BCUT2D eigenvalue weighted by molar-refractivity contribution is 0.669. The monoisotopic (exact) mass is 255 g/mol. The summed E-state index contributed by atoms with van der Waals surface area (Å²) in [4.78, 5) is 8.75. The van der Waals surface area contributed by atoms with Crippen molar-refractivity contribution in [1.29, 1.82) is 0 Å². The number of nitrogens with two attached hydrogens (primary N) is 1. The predicted molar refractivity (Wildman–Crippen MR) is 75.8 cm³/mol. The summed E-state index contributed by atoms with van der Waals surface area (Å²) >= 11 is 0. The average Bonchev–Trinajstić information content (AvgIpc) is 2.91. The Labute approximate surface area is 111 Å². The van der Waals surface area contributed by atoms with Crippen LogP contribution in [0.4, 0.5) is 5.95 Å². The summed E-state index contributed by atoms with van der Waals surface area (Å²) in [6, 6.07) is 6.09. The number of hydrogen-bond donors (Lipinski definition) is 1. The summed E-state index contributed by atoms with van der Waals surface area (Å²) in [7, 11) is 2.00. The molecule has 0 atom stereocenters. The Kier molecular flexibility index (Phi) is 2.74. The second-order valence-corrected chi connectivity index (χ2v) is 4.77. The maximum Gasteiger partial charge on any atom is 0.201 e. The largest absolute Gasteiger partial charge is 0.369 e. The van der Waals surface area contributed by atoms with Gasteiger partial charge in [-0.2, -0.15) is 0 Å². The van der Waals surface area contributed by atoms with Gasteiger partial charge in [0.15, 0.2) is 0 Å². The van der Waals surface area contributed by atoms with Gasteiger partial charge in [0.1, 0.15) is 5.82 Å². The van der Waals surface area contributed by atoms with Crippen LogP contribution in [-0.4, -0.2) is 19.1 Å². The Morgan fingerprint density at radius 2 is 2.16 bits per heavy atom. The summed E-state index contributed by atoms with van der Waals surface area (Å²) in [5.41, 5.74) is 9.30. The molecule has 0 saturated carbocycles. The number of imidazole rings is 2. The van der Waals surface area contributed by atoms with E-state index in [1.54, 1.807) is 0 Å². The molecule has 1 aromatic carbocycles. The van der Waals surface area contributed by atoms with E-state index in [0.29, 0.717) is 5.95 Å². The van der Waals surface area contributed by atoms with Gasteiger partial charge in [-0.05, 0) is 18.6 Å². The van der Waals surface area contributed by atoms with Crippen LogP contribution in [0.3, 0.4) is 0 Å². The highest BCUT2D eigenvalue weighted by atomic mass is 15.2. The molecule has 5 heteroatoms. The van der Waals surface area contributed by atoms with Gasteiger partial charge in [0.25, 0.3) is 0 Å². The molecule has 5 nitrogen and oxygen atoms in total. The Hall–Kier alpha value is -2.30. The molecule has 0 unspecified atom stereocenters. The molecule has 0 spiro atoms. The third-order valence-corrected chi connectivity index (χ3v) is 3.48. The van der Waals surface area contributed by atoms with E-state index in [9.17, 15) is 0 Å². The molecular weight excluding hydrogens is 238 g/mol. The Morgan fingerprint density at radius 3 is 2.89 bits per heavy atom. The average molecular weight is 255 g/mol. The fourth-order valence-electron chi connectivity index (χ4n) is 2.46. The molecule has 2 N–H and O–H groups in total. The van der Waals surface area contributed by atoms with Gasteiger partial charge in [0.2, 0.25) is 5.95 Å². The Balaban J connectivity index is 1.97. The molecule has 19 heavy (non-hydrogen) atoms. The van der Waals surface area contributed by atoms with Crippen molar-refractivity contribution in [1.82, 2.24) is 19.1 Å². The molecule has 98 valence electrons. The summed E-state index contributed by atoms with van der Waals surface area (Å²) in [6.07, 6.45) is 4.61. The van der Waals surface area contributed by atoms with E-state index in [0.717, 1.165) is 29.8 Å². The lowest BCUT2D eigenvalue weighted by Gasteiger charge is -2.08. The van der Waals surface area contributed by atoms with Crippen molar-refractivity contribution in [2.75, 3.05) is 5.73 Å². The fraction of sp³-hybridized carbons (Fsp3) is 0.286. The van der Waals surface area contributed by atoms with E-state index in [1.807, 2.05) is 36.1 Å². The smallest absolute Gasteiger partial charge is 0.201 e. The minimum Gasteiger partial charge on any atom is -0.369 e. The van der Waals surface area contributed by atoms with Crippen LogP contribution < -0.4 is 5.73 Å². The number of nitrogens with zero attached hydrogens (tertiary/aromatic N) is 4. The number of para-hydroxylation sites is 1. The van der Waals surface area contributed by atoms with Crippen molar-refractivity contribution < 1.29 is 0 Å². The first-order valence-corrected chi connectivity index (χ1v) is 6.34. The van der Waals surface area contributed by atoms with Crippen LogP contribution in [-0.2, 0) is 20.0 Å². The second kappa shape index (κ2) is 4.42.